The molecule has 1 aromatic rings. The van der Waals surface area contributed by atoms with Crippen LogP contribution < -0.4 is 21.3 Å². The highest BCUT2D eigenvalue weighted by atomic mass is 16.6. The van der Waals surface area contributed by atoms with Gasteiger partial charge in [-0.15, -0.1) is 0 Å². The molecule has 32 heavy (non-hydrogen) atoms. The molecule has 0 aliphatic carbocycles. The first-order valence-electron chi connectivity index (χ1n) is 10.9. The maximum atomic E-state index is 13.0. The zero-order valence-corrected chi connectivity index (χ0v) is 18.7. The van der Waals surface area contributed by atoms with Gasteiger partial charge in [0.05, 0.1) is 12.6 Å². The van der Waals surface area contributed by atoms with Crippen molar-refractivity contribution in [3.05, 3.63) is 48.6 Å². The van der Waals surface area contributed by atoms with Gasteiger partial charge in [-0.3, -0.25) is 19.7 Å². The van der Waals surface area contributed by atoms with E-state index in [1.807, 2.05) is 44.2 Å². The van der Waals surface area contributed by atoms with E-state index in [0.717, 1.165) is 11.6 Å². The minimum atomic E-state index is -1.36. The molecular weight excluding hydrogens is 412 g/mol. The Labute approximate surface area is 189 Å². The number of carbonyl (C=O) groups is 3. The van der Waals surface area contributed by atoms with E-state index in [1.54, 1.807) is 0 Å². The number of hydrogen-bond acceptors (Lipinski definition) is 6. The third kappa shape index (κ3) is 8.78. The van der Waals surface area contributed by atoms with Gasteiger partial charge in [0.2, 0.25) is 24.1 Å². The van der Waals surface area contributed by atoms with Crippen LogP contribution in [0.2, 0.25) is 0 Å². The summed E-state index contributed by atoms with van der Waals surface area (Å²) in [7, 11) is 0. The van der Waals surface area contributed by atoms with Gasteiger partial charge >= 0.3 is 0 Å². The van der Waals surface area contributed by atoms with Crippen molar-refractivity contribution in [1.82, 2.24) is 21.3 Å². The molecule has 0 radical (unpaired) electrons. The van der Waals surface area contributed by atoms with Crippen LogP contribution in [0.5, 0.6) is 0 Å². The lowest BCUT2D eigenvalue weighted by molar-refractivity contribution is -0.146. The van der Waals surface area contributed by atoms with Crippen LogP contribution in [0, 0.1) is 11.8 Å². The van der Waals surface area contributed by atoms with Gasteiger partial charge in [0.15, 0.2) is 0 Å². The highest BCUT2D eigenvalue weighted by molar-refractivity contribution is 5.88. The van der Waals surface area contributed by atoms with Crippen LogP contribution in [0.4, 0.5) is 0 Å². The number of nitrogens with one attached hydrogen (secondary N) is 4. The molecule has 1 unspecified atom stereocenters. The van der Waals surface area contributed by atoms with Gasteiger partial charge in [-0.05, 0) is 36.8 Å². The molecule has 5 N–H and O–H groups in total. The zero-order valence-electron chi connectivity index (χ0n) is 18.7. The smallest absolute Gasteiger partial charge is 0.244 e. The summed E-state index contributed by atoms with van der Waals surface area (Å²) >= 11 is 0. The van der Waals surface area contributed by atoms with Gasteiger partial charge in [0, 0.05) is 12.5 Å². The fourth-order valence-electron chi connectivity index (χ4n) is 3.50. The van der Waals surface area contributed by atoms with E-state index in [0.29, 0.717) is 19.4 Å². The van der Waals surface area contributed by atoms with Gasteiger partial charge in [0.25, 0.3) is 0 Å². The molecule has 3 amide bonds. The second kappa shape index (κ2) is 12.9. The molecule has 0 aromatic heterocycles. The average molecular weight is 447 g/mol. The van der Waals surface area contributed by atoms with Crippen LogP contribution in [-0.2, 0) is 25.7 Å². The molecule has 1 aliphatic rings. The minimum absolute atomic E-state index is 0.0984. The fourth-order valence-corrected chi connectivity index (χ4v) is 3.50. The third-order valence-electron chi connectivity index (χ3n) is 5.12. The Morgan fingerprint density at radius 2 is 2.00 bits per heavy atom. The van der Waals surface area contributed by atoms with Crippen molar-refractivity contribution >= 4 is 17.7 Å². The van der Waals surface area contributed by atoms with E-state index in [9.17, 15) is 19.5 Å². The minimum Gasteiger partial charge on any atom is -0.356 e. The molecule has 2 rings (SSSR count). The lowest BCUT2D eigenvalue weighted by Crippen LogP contribution is -2.56. The molecule has 9 heteroatoms. The molecule has 1 heterocycles. The zero-order chi connectivity index (χ0) is 23.5. The summed E-state index contributed by atoms with van der Waals surface area (Å²) < 4.78 is 5.43. The van der Waals surface area contributed by atoms with E-state index >= 15 is 0 Å². The summed E-state index contributed by atoms with van der Waals surface area (Å²) in [5.41, 5.74) is 0.889. The van der Waals surface area contributed by atoms with Gasteiger partial charge in [-0.2, -0.15) is 0 Å². The predicted molar refractivity (Wildman–Crippen MR) is 120 cm³/mol. The van der Waals surface area contributed by atoms with Crippen molar-refractivity contribution in [2.75, 3.05) is 6.54 Å². The number of amides is 3. The number of rotatable bonds is 13. The van der Waals surface area contributed by atoms with E-state index < -0.39 is 30.4 Å². The maximum Gasteiger partial charge on any atom is 0.244 e. The first-order chi connectivity index (χ1) is 15.3. The SMILES string of the molecule is C=CC(=O)N[C@H](C[C@@H]1CCNC1=O)NC(=O)[C@H](CC(C)C)NC(O)OCc1ccccc1. The second-order valence-corrected chi connectivity index (χ2v) is 8.28. The highest BCUT2D eigenvalue weighted by Crippen LogP contribution is 2.16. The molecule has 176 valence electrons. The summed E-state index contributed by atoms with van der Waals surface area (Å²) in [5, 5.41) is 21.3. The lowest BCUT2D eigenvalue weighted by atomic mass is 10.0. The number of carbonyl (C=O) groups excluding carboxylic acids is 3. The quantitative estimate of drug-likeness (QED) is 0.225. The molecule has 1 fully saturated rings. The first-order valence-corrected chi connectivity index (χ1v) is 10.9. The van der Waals surface area contributed by atoms with Gasteiger partial charge in [0.1, 0.15) is 6.17 Å². The summed E-state index contributed by atoms with van der Waals surface area (Å²) in [5.74, 6) is -1.11. The monoisotopic (exact) mass is 446 g/mol. The number of ether oxygens (including phenoxy) is 1. The van der Waals surface area contributed by atoms with Gasteiger partial charge in [-0.25, -0.2) is 0 Å². The Kier molecular flexibility index (Phi) is 10.3. The molecule has 0 saturated carbocycles. The highest BCUT2D eigenvalue weighted by Gasteiger charge is 2.30. The summed E-state index contributed by atoms with van der Waals surface area (Å²) in [4.78, 5) is 36.8. The molecule has 0 bridgehead atoms. The predicted octanol–water partition coefficient (Wildman–Crippen LogP) is 0.754. The van der Waals surface area contributed by atoms with Crippen molar-refractivity contribution in [3.8, 4) is 0 Å². The summed E-state index contributed by atoms with van der Waals surface area (Å²) in [6, 6.07) is 8.61. The fraction of sp³-hybridized carbons (Fsp3) is 0.522. The lowest BCUT2D eigenvalue weighted by Gasteiger charge is -2.27. The third-order valence-corrected chi connectivity index (χ3v) is 5.12. The topological polar surface area (TPSA) is 129 Å². The van der Waals surface area contributed by atoms with E-state index in [2.05, 4.69) is 27.8 Å². The summed E-state index contributed by atoms with van der Waals surface area (Å²) in [6.07, 6.45) is 0.336. The molecule has 9 nitrogen and oxygen atoms in total. The van der Waals surface area contributed by atoms with Crippen molar-refractivity contribution in [1.29, 1.82) is 0 Å². The van der Waals surface area contributed by atoms with Crippen molar-refractivity contribution < 1.29 is 24.2 Å². The molecule has 0 spiro atoms. The van der Waals surface area contributed by atoms with Crippen LogP contribution in [0.15, 0.2) is 43.0 Å². The van der Waals surface area contributed by atoms with Crippen molar-refractivity contribution in [2.45, 2.75) is 58.3 Å². The molecule has 1 aromatic carbocycles. The van der Waals surface area contributed by atoms with Crippen molar-refractivity contribution in [2.24, 2.45) is 11.8 Å². The Morgan fingerprint density at radius 3 is 2.59 bits per heavy atom. The number of aliphatic hydroxyl groups excluding tert-OH is 1. The standard InChI is InChI=1S/C23H34N4O5/c1-4-20(28)26-19(13-17-10-11-24-21(17)29)27-22(30)18(12-15(2)3)25-23(31)32-14-16-8-6-5-7-9-16/h4-9,15,17-19,23,25,31H,1,10-14H2,2-3H3,(H,24,29)(H,26,28)(H,27,30)/t17-,18-,19-,23?/m0/s1. The van der Waals surface area contributed by atoms with Gasteiger partial charge < -0.3 is 25.8 Å². The Hall–Kier alpha value is -2.75. The Balaban J connectivity index is 1.99. The van der Waals surface area contributed by atoms with E-state index in [-0.39, 0.29) is 30.8 Å². The molecule has 1 aliphatic heterocycles. The van der Waals surface area contributed by atoms with Crippen LogP contribution in [0.25, 0.3) is 0 Å². The normalized spacial score (nSPS) is 18.5. The average Bonchev–Trinajstić information content (AvgIpc) is 3.16. The van der Waals surface area contributed by atoms with Crippen LogP contribution >= 0.6 is 0 Å². The largest absolute Gasteiger partial charge is 0.356 e. The number of hydrogen-bond donors (Lipinski definition) is 5. The second-order valence-electron chi connectivity index (χ2n) is 8.28. The Morgan fingerprint density at radius 1 is 1.28 bits per heavy atom. The molecular formula is C23H34N4O5. The van der Waals surface area contributed by atoms with E-state index in [4.69, 9.17) is 4.74 Å². The van der Waals surface area contributed by atoms with Crippen LogP contribution in [0.3, 0.4) is 0 Å². The Bertz CT molecular complexity index is 771. The van der Waals surface area contributed by atoms with Crippen LogP contribution in [-0.4, -0.2) is 48.0 Å². The van der Waals surface area contributed by atoms with Gasteiger partial charge in [-0.1, -0.05) is 50.8 Å². The number of aliphatic hydroxyl groups is 1. The summed E-state index contributed by atoms with van der Waals surface area (Å²) in [6.45, 7) is 8.10. The molecule has 1 saturated heterocycles. The van der Waals surface area contributed by atoms with E-state index in [1.165, 1.54) is 0 Å². The van der Waals surface area contributed by atoms with Crippen molar-refractivity contribution in [3.63, 3.8) is 0 Å². The number of benzene rings is 1. The maximum absolute atomic E-state index is 13.0. The molecule has 4 atom stereocenters. The van der Waals surface area contributed by atoms with Crippen LogP contribution in [0.1, 0.15) is 38.7 Å². The first kappa shape index (κ1) is 25.5.